The fourth-order valence-corrected chi connectivity index (χ4v) is 2.34. The first-order chi connectivity index (χ1) is 12.3. The quantitative estimate of drug-likeness (QED) is 0.358. The lowest BCUT2D eigenvalue weighted by Gasteiger charge is -1.93. The second-order valence-corrected chi connectivity index (χ2v) is 5.23. The van der Waals surface area contributed by atoms with Crippen molar-refractivity contribution in [2.75, 3.05) is 0 Å². The highest BCUT2D eigenvalue weighted by molar-refractivity contribution is 5.62. The van der Waals surface area contributed by atoms with E-state index in [0.29, 0.717) is 34.6 Å². The second-order valence-electron chi connectivity index (χ2n) is 5.23. The van der Waals surface area contributed by atoms with Crippen molar-refractivity contribution in [3.05, 3.63) is 84.7 Å². The Balaban J connectivity index is 1.47. The third-order valence-electron chi connectivity index (χ3n) is 3.53. The first kappa shape index (κ1) is 15.0. The van der Waals surface area contributed by atoms with Gasteiger partial charge in [-0.3, -0.25) is 0 Å². The molecule has 4 heterocycles. The van der Waals surface area contributed by atoms with Gasteiger partial charge in [0.2, 0.25) is 0 Å². The molecule has 4 aromatic rings. The van der Waals surface area contributed by atoms with Crippen molar-refractivity contribution in [2.24, 2.45) is 0 Å². The van der Waals surface area contributed by atoms with Gasteiger partial charge in [-0.1, -0.05) is 6.08 Å². The summed E-state index contributed by atoms with van der Waals surface area (Å²) in [6.07, 6.45) is 8.10. The SMILES string of the molecule is O/C(=C\C=C\c1ccc(-c2ccco2)o1)c1ccc(-c2ccco2)o1. The molecule has 4 aromatic heterocycles. The minimum Gasteiger partial charge on any atom is -0.504 e. The fourth-order valence-electron chi connectivity index (χ4n) is 2.34. The topological polar surface area (TPSA) is 72.8 Å². The molecule has 0 aliphatic carbocycles. The summed E-state index contributed by atoms with van der Waals surface area (Å²) in [5, 5.41) is 10.1. The van der Waals surface area contributed by atoms with Crippen LogP contribution in [0.1, 0.15) is 11.5 Å². The minimum atomic E-state index is 0.00636. The molecule has 4 rings (SSSR count). The largest absolute Gasteiger partial charge is 0.504 e. The summed E-state index contributed by atoms with van der Waals surface area (Å²) < 4.78 is 21.7. The molecular formula is C20H14O5. The van der Waals surface area contributed by atoms with Crippen molar-refractivity contribution in [1.82, 2.24) is 0 Å². The number of hydrogen-bond donors (Lipinski definition) is 1. The number of furan rings is 4. The van der Waals surface area contributed by atoms with E-state index in [9.17, 15) is 5.11 Å². The van der Waals surface area contributed by atoms with E-state index in [2.05, 4.69) is 0 Å². The molecule has 0 spiro atoms. The Bertz CT molecular complexity index is 995. The third-order valence-corrected chi connectivity index (χ3v) is 3.53. The average molecular weight is 334 g/mol. The maximum Gasteiger partial charge on any atom is 0.170 e. The van der Waals surface area contributed by atoms with Gasteiger partial charge in [0.15, 0.2) is 34.6 Å². The van der Waals surface area contributed by atoms with Crippen LogP contribution in [0, 0.1) is 0 Å². The molecule has 124 valence electrons. The standard InChI is InChI=1S/C20H14O5/c21-15(16-10-11-20(25-16)18-7-3-13-23-18)5-1-4-14-8-9-19(24-14)17-6-2-12-22-17/h1-13,21H/b4-1+,15-5-. The Morgan fingerprint density at radius 1 is 0.760 bits per heavy atom. The lowest BCUT2D eigenvalue weighted by atomic mass is 10.3. The summed E-state index contributed by atoms with van der Waals surface area (Å²) >= 11 is 0. The lowest BCUT2D eigenvalue weighted by Crippen LogP contribution is -1.76. The minimum absolute atomic E-state index is 0.00636. The molecule has 0 atom stereocenters. The van der Waals surface area contributed by atoms with Gasteiger partial charge in [-0.05, 0) is 60.7 Å². The molecule has 0 radical (unpaired) electrons. The first-order valence-electron chi connectivity index (χ1n) is 7.65. The van der Waals surface area contributed by atoms with Crippen molar-refractivity contribution in [3.63, 3.8) is 0 Å². The van der Waals surface area contributed by atoms with Crippen LogP contribution < -0.4 is 0 Å². The lowest BCUT2D eigenvalue weighted by molar-refractivity contribution is 0.456. The molecule has 0 bridgehead atoms. The van der Waals surface area contributed by atoms with Crippen LogP contribution in [0.2, 0.25) is 0 Å². The highest BCUT2D eigenvalue weighted by atomic mass is 16.4. The van der Waals surface area contributed by atoms with Crippen molar-refractivity contribution in [2.45, 2.75) is 0 Å². The molecule has 0 fully saturated rings. The summed E-state index contributed by atoms with van der Waals surface area (Å²) in [7, 11) is 0. The van der Waals surface area contributed by atoms with Crippen LogP contribution in [0.15, 0.2) is 90.9 Å². The van der Waals surface area contributed by atoms with E-state index < -0.39 is 0 Å². The van der Waals surface area contributed by atoms with Gasteiger partial charge in [0, 0.05) is 0 Å². The van der Waals surface area contributed by atoms with Gasteiger partial charge < -0.3 is 22.8 Å². The normalized spacial score (nSPS) is 12.2. The van der Waals surface area contributed by atoms with Crippen molar-refractivity contribution in [3.8, 4) is 23.0 Å². The van der Waals surface area contributed by atoms with Gasteiger partial charge in [0.25, 0.3) is 0 Å². The van der Waals surface area contributed by atoms with Crippen LogP contribution in [0.5, 0.6) is 0 Å². The summed E-state index contributed by atoms with van der Waals surface area (Å²) in [5.41, 5.74) is 0. The van der Waals surface area contributed by atoms with Gasteiger partial charge in [0.1, 0.15) is 5.76 Å². The summed E-state index contributed by atoms with van der Waals surface area (Å²) in [6, 6.07) is 14.3. The molecule has 5 nitrogen and oxygen atoms in total. The molecule has 25 heavy (non-hydrogen) atoms. The van der Waals surface area contributed by atoms with Gasteiger partial charge in [0.05, 0.1) is 12.5 Å². The van der Waals surface area contributed by atoms with E-state index in [0.717, 1.165) is 0 Å². The summed E-state index contributed by atoms with van der Waals surface area (Å²) in [6.45, 7) is 0. The predicted octanol–water partition coefficient (Wildman–Crippen LogP) is 6.00. The van der Waals surface area contributed by atoms with Crippen molar-refractivity contribution < 1.29 is 22.8 Å². The number of allylic oxidation sites excluding steroid dienone is 2. The molecular weight excluding hydrogens is 320 g/mol. The highest BCUT2D eigenvalue weighted by Gasteiger charge is 2.09. The molecule has 0 unspecified atom stereocenters. The Morgan fingerprint density at radius 3 is 2.12 bits per heavy atom. The Kier molecular flexibility index (Phi) is 3.88. The van der Waals surface area contributed by atoms with Crippen LogP contribution in [0.25, 0.3) is 34.9 Å². The first-order valence-corrected chi connectivity index (χ1v) is 7.65. The monoisotopic (exact) mass is 334 g/mol. The highest BCUT2D eigenvalue weighted by Crippen LogP contribution is 2.26. The van der Waals surface area contributed by atoms with E-state index in [1.165, 1.54) is 6.08 Å². The molecule has 1 N–H and O–H groups in total. The molecule has 0 aliphatic heterocycles. The zero-order valence-corrected chi connectivity index (χ0v) is 13.1. The molecule has 0 amide bonds. The molecule has 5 heteroatoms. The maximum absolute atomic E-state index is 10.1. The smallest absolute Gasteiger partial charge is 0.170 e. The molecule has 0 saturated heterocycles. The van der Waals surface area contributed by atoms with E-state index in [4.69, 9.17) is 17.7 Å². The van der Waals surface area contributed by atoms with Crippen LogP contribution in [-0.2, 0) is 0 Å². The second kappa shape index (κ2) is 6.49. The number of aliphatic hydroxyl groups is 1. The summed E-state index contributed by atoms with van der Waals surface area (Å²) in [4.78, 5) is 0. The predicted molar refractivity (Wildman–Crippen MR) is 92.5 cm³/mol. The Morgan fingerprint density at radius 2 is 1.44 bits per heavy atom. The van der Waals surface area contributed by atoms with Gasteiger partial charge in [-0.2, -0.15) is 0 Å². The Labute approximate surface area is 143 Å². The number of aliphatic hydroxyl groups excluding tert-OH is 1. The third kappa shape index (κ3) is 3.21. The number of rotatable bonds is 5. The molecule has 0 aliphatic rings. The zero-order chi connectivity index (χ0) is 17.1. The maximum atomic E-state index is 10.1. The zero-order valence-electron chi connectivity index (χ0n) is 13.1. The van der Waals surface area contributed by atoms with Gasteiger partial charge in [-0.25, -0.2) is 0 Å². The summed E-state index contributed by atoms with van der Waals surface area (Å²) in [5.74, 6) is 3.48. The van der Waals surface area contributed by atoms with Crippen LogP contribution in [-0.4, -0.2) is 5.11 Å². The average Bonchev–Trinajstić information content (AvgIpc) is 3.42. The van der Waals surface area contributed by atoms with E-state index in [1.54, 1.807) is 55.0 Å². The fraction of sp³-hybridized carbons (Fsp3) is 0. The number of hydrogen-bond acceptors (Lipinski definition) is 5. The van der Waals surface area contributed by atoms with E-state index >= 15 is 0 Å². The van der Waals surface area contributed by atoms with Crippen LogP contribution in [0.3, 0.4) is 0 Å². The van der Waals surface area contributed by atoms with Crippen molar-refractivity contribution in [1.29, 1.82) is 0 Å². The van der Waals surface area contributed by atoms with Gasteiger partial charge >= 0.3 is 0 Å². The van der Waals surface area contributed by atoms with E-state index in [-0.39, 0.29) is 5.76 Å². The van der Waals surface area contributed by atoms with Crippen molar-refractivity contribution >= 4 is 11.8 Å². The van der Waals surface area contributed by atoms with Crippen LogP contribution in [0.4, 0.5) is 0 Å². The molecule has 0 aromatic carbocycles. The van der Waals surface area contributed by atoms with Gasteiger partial charge in [-0.15, -0.1) is 0 Å². The molecule has 0 saturated carbocycles. The Hall–Kier alpha value is -3.60. The van der Waals surface area contributed by atoms with Crippen LogP contribution >= 0.6 is 0 Å². The van der Waals surface area contributed by atoms with E-state index in [1.807, 2.05) is 18.2 Å².